The maximum absolute atomic E-state index is 6.03. The van der Waals surface area contributed by atoms with E-state index < -0.39 is 0 Å². The van der Waals surface area contributed by atoms with Crippen LogP contribution in [0, 0.1) is 0 Å². The second kappa shape index (κ2) is 5.60. The highest BCUT2D eigenvalue weighted by Crippen LogP contribution is 2.39. The molecule has 0 saturated heterocycles. The van der Waals surface area contributed by atoms with Crippen LogP contribution >= 0.6 is 34.8 Å². The molecule has 6 heteroatoms. The first-order valence-electron chi connectivity index (χ1n) is 6.02. The number of hydrogen-bond donors (Lipinski definition) is 1. The first-order chi connectivity index (χ1) is 10.0. The highest BCUT2D eigenvalue weighted by molar-refractivity contribution is 6.35. The Morgan fingerprint density at radius 1 is 0.857 bits per heavy atom. The van der Waals surface area contributed by atoms with Gasteiger partial charge in [0.15, 0.2) is 11.6 Å². The van der Waals surface area contributed by atoms with Gasteiger partial charge >= 0.3 is 0 Å². The van der Waals surface area contributed by atoms with Gasteiger partial charge < -0.3 is 10.3 Å². The van der Waals surface area contributed by atoms with Crippen LogP contribution in [-0.4, -0.2) is 5.16 Å². The predicted molar refractivity (Wildman–Crippen MR) is 86.8 cm³/mol. The molecule has 0 saturated carbocycles. The second-order valence-corrected chi connectivity index (χ2v) is 5.75. The van der Waals surface area contributed by atoms with Gasteiger partial charge in [0.1, 0.15) is 0 Å². The number of nitrogen functional groups attached to an aromatic ring is 1. The fourth-order valence-electron chi connectivity index (χ4n) is 2.11. The van der Waals surface area contributed by atoms with Gasteiger partial charge in [-0.1, -0.05) is 52.1 Å². The molecule has 0 aliphatic heterocycles. The molecule has 3 rings (SSSR count). The molecule has 0 radical (unpaired) electrons. The van der Waals surface area contributed by atoms with E-state index >= 15 is 0 Å². The van der Waals surface area contributed by atoms with Crippen molar-refractivity contribution >= 4 is 40.6 Å². The van der Waals surface area contributed by atoms with E-state index in [0.717, 1.165) is 5.56 Å². The topological polar surface area (TPSA) is 52.0 Å². The summed E-state index contributed by atoms with van der Waals surface area (Å²) in [5.41, 5.74) is 8.10. The van der Waals surface area contributed by atoms with Crippen molar-refractivity contribution in [3.63, 3.8) is 0 Å². The van der Waals surface area contributed by atoms with Gasteiger partial charge in [-0.25, -0.2) is 0 Å². The summed E-state index contributed by atoms with van der Waals surface area (Å²) in [7, 11) is 0. The largest absolute Gasteiger partial charge is 0.380 e. The summed E-state index contributed by atoms with van der Waals surface area (Å²) >= 11 is 18.1. The van der Waals surface area contributed by atoms with Gasteiger partial charge in [-0.2, -0.15) is 0 Å². The molecule has 0 spiro atoms. The Morgan fingerprint density at radius 3 is 2.19 bits per heavy atom. The number of rotatable bonds is 2. The molecule has 0 fully saturated rings. The first-order valence-corrected chi connectivity index (χ1v) is 7.15. The predicted octanol–water partition coefficient (Wildman–Crippen LogP) is 5.55. The summed E-state index contributed by atoms with van der Waals surface area (Å²) in [6, 6.07) is 12.4. The van der Waals surface area contributed by atoms with E-state index in [1.54, 1.807) is 30.3 Å². The summed E-state index contributed by atoms with van der Waals surface area (Å²) in [6.45, 7) is 0. The Morgan fingerprint density at radius 2 is 1.52 bits per heavy atom. The zero-order chi connectivity index (χ0) is 15.0. The number of benzene rings is 2. The fraction of sp³-hybridized carbons (Fsp3) is 0. The Balaban J connectivity index is 2.21. The minimum Gasteiger partial charge on any atom is -0.380 e. The molecule has 1 aromatic heterocycles. The van der Waals surface area contributed by atoms with Crippen molar-refractivity contribution in [1.82, 2.24) is 5.16 Å². The van der Waals surface area contributed by atoms with Crippen LogP contribution in [0.4, 0.5) is 5.82 Å². The molecular formula is C15H9Cl3N2O. The standard InChI is InChI=1S/C15H9Cl3N2O/c16-10-3-1-2-8(4-10)13-14(21-20-15(13)19)9-5-11(17)7-12(18)6-9/h1-7H,(H2,19,20). The highest BCUT2D eigenvalue weighted by atomic mass is 35.5. The van der Waals surface area contributed by atoms with Crippen LogP contribution in [0.2, 0.25) is 15.1 Å². The van der Waals surface area contributed by atoms with E-state index in [-0.39, 0.29) is 5.82 Å². The Bertz CT molecular complexity index is 794. The third-order valence-corrected chi connectivity index (χ3v) is 3.63. The minimum absolute atomic E-state index is 0.281. The van der Waals surface area contributed by atoms with Crippen LogP contribution in [0.3, 0.4) is 0 Å². The highest BCUT2D eigenvalue weighted by Gasteiger charge is 2.18. The van der Waals surface area contributed by atoms with Gasteiger partial charge in [-0.3, -0.25) is 0 Å². The lowest BCUT2D eigenvalue weighted by atomic mass is 10.0. The number of hydrogen-bond acceptors (Lipinski definition) is 3. The van der Waals surface area contributed by atoms with Crippen molar-refractivity contribution in [3.05, 3.63) is 57.5 Å². The first kappa shape index (κ1) is 14.3. The quantitative estimate of drug-likeness (QED) is 0.666. The SMILES string of the molecule is Nc1noc(-c2cc(Cl)cc(Cl)c2)c1-c1cccc(Cl)c1. The number of anilines is 1. The summed E-state index contributed by atoms with van der Waals surface area (Å²) in [4.78, 5) is 0. The van der Waals surface area contributed by atoms with Gasteiger partial charge in [0, 0.05) is 20.6 Å². The lowest BCUT2D eigenvalue weighted by Gasteiger charge is -2.04. The molecule has 0 bridgehead atoms. The lowest BCUT2D eigenvalue weighted by molar-refractivity contribution is 0.436. The Labute approximate surface area is 136 Å². The molecule has 0 aliphatic carbocycles. The fourth-order valence-corrected chi connectivity index (χ4v) is 2.82. The summed E-state index contributed by atoms with van der Waals surface area (Å²) in [6.07, 6.45) is 0. The maximum Gasteiger partial charge on any atom is 0.177 e. The molecule has 0 amide bonds. The lowest BCUT2D eigenvalue weighted by Crippen LogP contribution is -1.89. The molecule has 106 valence electrons. The number of nitrogens with two attached hydrogens (primary N) is 1. The van der Waals surface area contributed by atoms with Crippen LogP contribution < -0.4 is 5.73 Å². The van der Waals surface area contributed by atoms with Gasteiger partial charge in [-0.15, -0.1) is 0 Å². The molecule has 2 N–H and O–H groups in total. The van der Waals surface area contributed by atoms with Gasteiger partial charge in [-0.05, 0) is 35.9 Å². The van der Waals surface area contributed by atoms with E-state index in [2.05, 4.69) is 5.16 Å². The summed E-state index contributed by atoms with van der Waals surface area (Å²) < 4.78 is 5.35. The van der Waals surface area contributed by atoms with Gasteiger partial charge in [0.05, 0.1) is 5.56 Å². The number of aromatic nitrogens is 1. The third-order valence-electron chi connectivity index (χ3n) is 2.96. The molecule has 0 atom stereocenters. The molecule has 3 nitrogen and oxygen atoms in total. The van der Waals surface area contributed by atoms with Crippen molar-refractivity contribution in [2.45, 2.75) is 0 Å². The van der Waals surface area contributed by atoms with Crippen molar-refractivity contribution in [2.75, 3.05) is 5.73 Å². The second-order valence-electron chi connectivity index (χ2n) is 4.44. The van der Waals surface area contributed by atoms with Crippen molar-refractivity contribution < 1.29 is 4.52 Å². The third kappa shape index (κ3) is 2.86. The smallest absolute Gasteiger partial charge is 0.177 e. The van der Waals surface area contributed by atoms with Crippen molar-refractivity contribution in [3.8, 4) is 22.5 Å². The summed E-state index contributed by atoms with van der Waals surface area (Å²) in [5.74, 6) is 0.780. The molecule has 0 aliphatic rings. The Hall–Kier alpha value is -1.68. The zero-order valence-corrected chi connectivity index (χ0v) is 12.9. The average molecular weight is 340 g/mol. The van der Waals surface area contributed by atoms with Crippen LogP contribution in [0.15, 0.2) is 47.0 Å². The van der Waals surface area contributed by atoms with Crippen molar-refractivity contribution in [1.29, 1.82) is 0 Å². The van der Waals surface area contributed by atoms with Crippen LogP contribution in [0.25, 0.3) is 22.5 Å². The van der Waals surface area contributed by atoms with Crippen LogP contribution in [0.1, 0.15) is 0 Å². The average Bonchev–Trinajstić information content (AvgIpc) is 2.79. The van der Waals surface area contributed by atoms with E-state index in [0.29, 0.717) is 32.0 Å². The van der Waals surface area contributed by atoms with Crippen LogP contribution in [-0.2, 0) is 0 Å². The van der Waals surface area contributed by atoms with E-state index in [1.165, 1.54) is 0 Å². The van der Waals surface area contributed by atoms with Crippen molar-refractivity contribution in [2.24, 2.45) is 0 Å². The normalized spacial score (nSPS) is 10.8. The molecule has 21 heavy (non-hydrogen) atoms. The van der Waals surface area contributed by atoms with E-state index in [9.17, 15) is 0 Å². The van der Waals surface area contributed by atoms with E-state index in [4.69, 9.17) is 45.1 Å². The van der Waals surface area contributed by atoms with Gasteiger partial charge in [0.2, 0.25) is 0 Å². The summed E-state index contributed by atoms with van der Waals surface area (Å²) in [5, 5.41) is 5.44. The van der Waals surface area contributed by atoms with E-state index in [1.807, 2.05) is 12.1 Å². The Kier molecular flexibility index (Phi) is 3.81. The molecular weight excluding hydrogens is 331 g/mol. The van der Waals surface area contributed by atoms with Gasteiger partial charge in [0.25, 0.3) is 0 Å². The maximum atomic E-state index is 6.03. The molecule has 1 heterocycles. The monoisotopic (exact) mass is 338 g/mol. The molecule has 0 unspecified atom stereocenters. The zero-order valence-electron chi connectivity index (χ0n) is 10.6. The molecule has 2 aromatic carbocycles. The molecule has 3 aromatic rings. The number of halogens is 3. The minimum atomic E-state index is 0.281. The van der Waals surface area contributed by atoms with Crippen LogP contribution in [0.5, 0.6) is 0 Å². The number of nitrogens with zero attached hydrogens (tertiary/aromatic N) is 1.